The molecule has 0 amide bonds. The Morgan fingerprint density at radius 1 is 0.632 bits per heavy atom. The molecule has 0 radical (unpaired) electrons. The van der Waals surface area contributed by atoms with Crippen LogP contribution in [0, 0.1) is 6.92 Å². The number of rotatable bonds is 8. The topological polar surface area (TPSA) is 132 Å². The van der Waals surface area contributed by atoms with Crippen LogP contribution in [0.4, 0.5) is 0 Å². The maximum absolute atomic E-state index is 13.2. The molecule has 0 aliphatic carbocycles. The number of sulfone groups is 2. The first-order valence-corrected chi connectivity index (χ1v) is 15.8. The molecule has 11 heteroatoms. The van der Waals surface area contributed by atoms with E-state index in [1.54, 1.807) is 12.1 Å². The third-order valence-corrected chi connectivity index (χ3v) is 10.1. The van der Waals surface area contributed by atoms with E-state index >= 15 is 0 Å². The average Bonchev–Trinajstić information content (AvgIpc) is 2.88. The number of methoxy groups -OCH3 is 1. The van der Waals surface area contributed by atoms with Crippen LogP contribution < -0.4 is 4.74 Å². The zero-order valence-electron chi connectivity index (χ0n) is 20.4. The Hall–Kier alpha value is -3.51. The van der Waals surface area contributed by atoms with Gasteiger partial charge in [0.15, 0.2) is 0 Å². The van der Waals surface area contributed by atoms with Gasteiger partial charge in [0.05, 0.1) is 26.7 Å². The van der Waals surface area contributed by atoms with Gasteiger partial charge in [-0.05, 0) is 84.3 Å². The van der Waals surface area contributed by atoms with Crippen molar-refractivity contribution in [2.75, 3.05) is 7.11 Å². The quantitative estimate of drug-likeness (QED) is 0.300. The first kappa shape index (κ1) is 27.5. The van der Waals surface area contributed by atoms with Gasteiger partial charge in [-0.3, -0.25) is 4.55 Å². The summed E-state index contributed by atoms with van der Waals surface area (Å²) in [6.45, 7) is 1.82. The van der Waals surface area contributed by atoms with Gasteiger partial charge in [0, 0.05) is 0 Å². The smallest absolute Gasteiger partial charge is 0.269 e. The third kappa shape index (κ3) is 5.81. The fraction of sp³-hybridized carbons (Fsp3) is 0.111. The Morgan fingerprint density at radius 2 is 1.08 bits per heavy atom. The van der Waals surface area contributed by atoms with Gasteiger partial charge in [-0.25, -0.2) is 16.8 Å². The molecule has 4 rings (SSSR count). The van der Waals surface area contributed by atoms with Gasteiger partial charge in [0.1, 0.15) is 11.5 Å². The van der Waals surface area contributed by atoms with E-state index in [2.05, 4.69) is 0 Å². The Bertz CT molecular complexity index is 1790. The lowest BCUT2D eigenvalue weighted by Crippen LogP contribution is -2.07. The number of hydrogen-bond donors (Lipinski definition) is 1. The molecule has 0 saturated heterocycles. The predicted molar refractivity (Wildman–Crippen MR) is 142 cm³/mol. The second kappa shape index (κ2) is 10.3. The molecule has 0 aromatic heterocycles. The van der Waals surface area contributed by atoms with Crippen molar-refractivity contribution in [3.63, 3.8) is 0 Å². The highest BCUT2D eigenvalue weighted by molar-refractivity contribution is 7.91. The van der Waals surface area contributed by atoms with Crippen LogP contribution in [-0.2, 0) is 35.5 Å². The highest BCUT2D eigenvalue weighted by Crippen LogP contribution is 2.32. The summed E-state index contributed by atoms with van der Waals surface area (Å²) >= 11 is 0. The minimum Gasteiger partial charge on any atom is -0.497 e. The normalized spacial score (nSPS) is 12.3. The van der Waals surface area contributed by atoms with E-state index in [9.17, 15) is 29.8 Å². The molecule has 0 unspecified atom stereocenters. The molecule has 0 spiro atoms. The van der Waals surface area contributed by atoms with Crippen LogP contribution >= 0.6 is 0 Å². The van der Waals surface area contributed by atoms with Gasteiger partial charge in [0.25, 0.3) is 10.1 Å². The first-order valence-electron chi connectivity index (χ1n) is 11.2. The Balaban J connectivity index is 1.75. The molecule has 38 heavy (non-hydrogen) atoms. The SMILES string of the molecule is COc1ccc(S(=O)(=O)c2ccc(-c3ccc(S(=O)(=O)c4ccc(C)cc4)cc3CS(=O)(=O)O)cc2)cc1. The highest BCUT2D eigenvalue weighted by atomic mass is 32.2. The van der Waals surface area contributed by atoms with Crippen LogP contribution in [0.15, 0.2) is 111 Å². The van der Waals surface area contributed by atoms with Gasteiger partial charge >= 0.3 is 0 Å². The van der Waals surface area contributed by atoms with Crippen LogP contribution in [0.1, 0.15) is 11.1 Å². The summed E-state index contributed by atoms with van der Waals surface area (Å²) in [4.78, 5) is -0.00528. The summed E-state index contributed by atoms with van der Waals surface area (Å²) in [5.74, 6) is -0.315. The van der Waals surface area contributed by atoms with Gasteiger partial charge in [-0.1, -0.05) is 35.9 Å². The fourth-order valence-electron chi connectivity index (χ4n) is 3.89. The maximum atomic E-state index is 13.2. The molecule has 0 bridgehead atoms. The van der Waals surface area contributed by atoms with Crippen LogP contribution in [0.3, 0.4) is 0 Å². The average molecular weight is 573 g/mol. The van der Waals surface area contributed by atoms with Gasteiger partial charge in [-0.15, -0.1) is 0 Å². The van der Waals surface area contributed by atoms with Crippen molar-refractivity contribution in [3.05, 3.63) is 102 Å². The van der Waals surface area contributed by atoms with Crippen molar-refractivity contribution in [1.29, 1.82) is 0 Å². The van der Waals surface area contributed by atoms with Crippen LogP contribution in [-0.4, -0.2) is 36.9 Å². The Labute approximate surface area is 222 Å². The predicted octanol–water partition coefficient (Wildman–Crippen LogP) is 4.72. The number of ether oxygens (including phenoxy) is 1. The van der Waals surface area contributed by atoms with Crippen molar-refractivity contribution >= 4 is 29.8 Å². The van der Waals surface area contributed by atoms with Gasteiger partial charge in [-0.2, -0.15) is 8.42 Å². The second-order valence-corrected chi connectivity index (χ2v) is 13.9. The minimum atomic E-state index is -4.51. The molecule has 4 aromatic carbocycles. The molecule has 0 aliphatic heterocycles. The van der Waals surface area contributed by atoms with E-state index < -0.39 is 35.5 Å². The molecule has 0 aliphatic rings. The molecule has 0 heterocycles. The highest BCUT2D eigenvalue weighted by Gasteiger charge is 2.22. The van der Waals surface area contributed by atoms with E-state index in [4.69, 9.17) is 4.74 Å². The lowest BCUT2D eigenvalue weighted by atomic mass is 10.0. The van der Waals surface area contributed by atoms with E-state index in [1.807, 2.05) is 6.92 Å². The summed E-state index contributed by atoms with van der Waals surface area (Å²) in [6.07, 6.45) is 0. The summed E-state index contributed by atoms with van der Waals surface area (Å²) in [5, 5.41) is 0. The van der Waals surface area contributed by atoms with Gasteiger partial charge < -0.3 is 4.74 Å². The maximum Gasteiger partial charge on any atom is 0.269 e. The summed E-state index contributed by atoms with van der Waals surface area (Å²) in [7, 11) is -10.8. The van der Waals surface area contributed by atoms with Crippen molar-refractivity contribution < 1.29 is 34.5 Å². The van der Waals surface area contributed by atoms with Crippen molar-refractivity contribution in [2.24, 2.45) is 0 Å². The molecule has 8 nitrogen and oxygen atoms in total. The lowest BCUT2D eigenvalue weighted by molar-refractivity contribution is 0.414. The summed E-state index contributed by atoms with van der Waals surface area (Å²) < 4.78 is 90.5. The largest absolute Gasteiger partial charge is 0.497 e. The molecule has 0 fully saturated rings. The Morgan fingerprint density at radius 3 is 1.58 bits per heavy atom. The summed E-state index contributed by atoms with van der Waals surface area (Å²) in [6, 6.07) is 21.9. The first-order chi connectivity index (χ1) is 17.8. The van der Waals surface area contributed by atoms with Crippen LogP contribution in [0.2, 0.25) is 0 Å². The Kier molecular flexibility index (Phi) is 7.48. The van der Waals surface area contributed by atoms with Crippen molar-refractivity contribution in [3.8, 4) is 16.9 Å². The minimum absolute atomic E-state index is 0.0151. The molecule has 198 valence electrons. The van der Waals surface area contributed by atoms with E-state index in [1.165, 1.54) is 86.0 Å². The van der Waals surface area contributed by atoms with Crippen molar-refractivity contribution in [1.82, 2.24) is 0 Å². The monoisotopic (exact) mass is 572 g/mol. The van der Waals surface area contributed by atoms with Crippen LogP contribution in [0.5, 0.6) is 5.75 Å². The third-order valence-electron chi connectivity index (χ3n) is 5.90. The fourth-order valence-corrected chi connectivity index (χ4v) is 7.10. The van der Waals surface area contributed by atoms with Gasteiger partial charge in [0.2, 0.25) is 19.7 Å². The zero-order chi connectivity index (χ0) is 27.7. The van der Waals surface area contributed by atoms with E-state index in [0.29, 0.717) is 16.9 Å². The summed E-state index contributed by atoms with van der Waals surface area (Å²) in [5.41, 5.74) is 1.70. The molecule has 4 aromatic rings. The van der Waals surface area contributed by atoms with Crippen LogP contribution in [0.25, 0.3) is 11.1 Å². The molecular formula is C27H24O8S3. The number of benzene rings is 4. The van der Waals surface area contributed by atoms with E-state index in [0.717, 1.165) is 5.56 Å². The molecule has 0 saturated carbocycles. The molecular weight excluding hydrogens is 548 g/mol. The second-order valence-electron chi connectivity index (χ2n) is 8.57. The lowest BCUT2D eigenvalue weighted by Gasteiger charge is -2.13. The number of aryl methyl sites for hydroxylation is 1. The van der Waals surface area contributed by atoms with E-state index in [-0.39, 0.29) is 25.1 Å². The molecule has 0 atom stereocenters. The number of hydrogen-bond acceptors (Lipinski definition) is 7. The molecule has 1 N–H and O–H groups in total. The zero-order valence-corrected chi connectivity index (χ0v) is 22.8. The van der Waals surface area contributed by atoms with Crippen molar-refractivity contribution in [2.45, 2.75) is 32.3 Å². The standard InChI is InChI=1S/C27H24O8S3/c1-19-3-9-23(10-4-19)38(33,34)26-15-16-27(21(17-26)18-36(28,29)30)20-5-11-24(12-6-20)37(31,32)25-13-7-22(35-2)8-14-25/h3-17H,18H2,1-2H3,(H,28,29,30).